The van der Waals surface area contributed by atoms with E-state index < -0.39 is 0 Å². The SMILES string of the molecule is CCn1ccc(C(C)O)c1. The molecule has 0 bridgehead atoms. The van der Waals surface area contributed by atoms with Gasteiger partial charge in [0.05, 0.1) is 6.10 Å². The minimum absolute atomic E-state index is 0.340. The first kappa shape index (κ1) is 7.35. The predicted molar refractivity (Wildman–Crippen MR) is 40.7 cm³/mol. The maximum absolute atomic E-state index is 9.12. The van der Waals surface area contributed by atoms with E-state index >= 15 is 0 Å². The van der Waals surface area contributed by atoms with Gasteiger partial charge in [0.1, 0.15) is 0 Å². The summed E-state index contributed by atoms with van der Waals surface area (Å²) < 4.78 is 2.04. The molecule has 10 heavy (non-hydrogen) atoms. The van der Waals surface area contributed by atoms with Gasteiger partial charge in [-0.15, -0.1) is 0 Å². The molecule has 0 aliphatic rings. The lowest BCUT2D eigenvalue weighted by atomic mass is 10.2. The molecular weight excluding hydrogens is 126 g/mol. The highest BCUT2D eigenvalue weighted by atomic mass is 16.3. The Kier molecular flexibility index (Phi) is 2.12. The minimum Gasteiger partial charge on any atom is -0.389 e. The van der Waals surface area contributed by atoms with Crippen LogP contribution in [0.25, 0.3) is 0 Å². The quantitative estimate of drug-likeness (QED) is 0.661. The van der Waals surface area contributed by atoms with E-state index in [1.54, 1.807) is 6.92 Å². The highest BCUT2D eigenvalue weighted by Gasteiger charge is 2.00. The zero-order valence-electron chi connectivity index (χ0n) is 6.41. The normalized spacial score (nSPS) is 13.5. The smallest absolute Gasteiger partial charge is 0.0776 e. The highest BCUT2D eigenvalue weighted by molar-refractivity contribution is 5.12. The van der Waals surface area contributed by atoms with E-state index in [0.29, 0.717) is 0 Å². The van der Waals surface area contributed by atoms with E-state index in [9.17, 15) is 0 Å². The molecule has 0 aliphatic heterocycles. The molecule has 1 N–H and O–H groups in total. The van der Waals surface area contributed by atoms with Crippen molar-refractivity contribution in [2.75, 3.05) is 0 Å². The molecule has 0 aliphatic carbocycles. The van der Waals surface area contributed by atoms with Gasteiger partial charge in [-0.25, -0.2) is 0 Å². The molecular formula is C8H13NO. The molecule has 0 radical (unpaired) electrons. The van der Waals surface area contributed by atoms with E-state index in [1.807, 2.05) is 23.0 Å². The Morgan fingerprint density at radius 1 is 1.70 bits per heavy atom. The van der Waals surface area contributed by atoms with Gasteiger partial charge in [-0.05, 0) is 25.5 Å². The second-order valence-electron chi connectivity index (χ2n) is 2.45. The molecule has 1 aromatic heterocycles. The summed E-state index contributed by atoms with van der Waals surface area (Å²) >= 11 is 0. The van der Waals surface area contributed by atoms with E-state index in [-0.39, 0.29) is 6.10 Å². The molecule has 0 amide bonds. The number of aryl methyl sites for hydroxylation is 1. The molecule has 1 heterocycles. The Morgan fingerprint density at radius 2 is 2.40 bits per heavy atom. The number of aliphatic hydroxyl groups excluding tert-OH is 1. The molecule has 1 atom stereocenters. The molecule has 0 saturated carbocycles. The van der Waals surface area contributed by atoms with E-state index in [4.69, 9.17) is 5.11 Å². The summed E-state index contributed by atoms with van der Waals surface area (Å²) in [5.74, 6) is 0. The Balaban J connectivity index is 2.78. The molecule has 1 aromatic rings. The summed E-state index contributed by atoms with van der Waals surface area (Å²) in [5, 5.41) is 9.12. The van der Waals surface area contributed by atoms with Crippen LogP contribution in [0.2, 0.25) is 0 Å². The van der Waals surface area contributed by atoms with Gasteiger partial charge in [-0.1, -0.05) is 0 Å². The first-order valence-electron chi connectivity index (χ1n) is 3.57. The third-order valence-electron chi connectivity index (χ3n) is 1.62. The summed E-state index contributed by atoms with van der Waals surface area (Å²) in [6.45, 7) is 4.81. The van der Waals surface area contributed by atoms with Crippen molar-refractivity contribution in [2.45, 2.75) is 26.5 Å². The van der Waals surface area contributed by atoms with Gasteiger partial charge in [0.15, 0.2) is 0 Å². The monoisotopic (exact) mass is 139 g/mol. The number of aliphatic hydroxyl groups is 1. The van der Waals surface area contributed by atoms with Crippen molar-refractivity contribution in [1.29, 1.82) is 0 Å². The van der Waals surface area contributed by atoms with Crippen LogP contribution in [0.5, 0.6) is 0 Å². The summed E-state index contributed by atoms with van der Waals surface area (Å²) in [6.07, 6.45) is 3.60. The van der Waals surface area contributed by atoms with Crippen LogP contribution in [-0.2, 0) is 6.54 Å². The van der Waals surface area contributed by atoms with Crippen molar-refractivity contribution in [3.8, 4) is 0 Å². The number of nitrogens with zero attached hydrogens (tertiary/aromatic N) is 1. The van der Waals surface area contributed by atoms with Crippen molar-refractivity contribution in [1.82, 2.24) is 4.57 Å². The molecule has 0 spiro atoms. The number of aromatic nitrogens is 1. The third-order valence-corrected chi connectivity index (χ3v) is 1.62. The topological polar surface area (TPSA) is 25.2 Å². The van der Waals surface area contributed by atoms with Crippen molar-refractivity contribution < 1.29 is 5.11 Å². The van der Waals surface area contributed by atoms with E-state index in [2.05, 4.69) is 6.92 Å². The van der Waals surface area contributed by atoms with Crippen molar-refractivity contribution in [3.05, 3.63) is 24.0 Å². The maximum atomic E-state index is 9.12. The largest absolute Gasteiger partial charge is 0.389 e. The van der Waals surface area contributed by atoms with Gasteiger partial charge in [0.25, 0.3) is 0 Å². The van der Waals surface area contributed by atoms with Gasteiger partial charge in [0, 0.05) is 18.9 Å². The molecule has 0 fully saturated rings. The third kappa shape index (κ3) is 1.39. The number of hydrogen-bond donors (Lipinski definition) is 1. The molecule has 0 aromatic carbocycles. The average Bonchev–Trinajstić information content (AvgIpc) is 2.34. The lowest BCUT2D eigenvalue weighted by Crippen LogP contribution is -1.90. The van der Waals surface area contributed by atoms with Crippen LogP contribution in [0, 0.1) is 0 Å². The van der Waals surface area contributed by atoms with Crippen molar-refractivity contribution in [3.63, 3.8) is 0 Å². The summed E-state index contributed by atoms with van der Waals surface area (Å²) in [6, 6.07) is 1.94. The number of hydrogen-bond acceptors (Lipinski definition) is 1. The molecule has 2 heteroatoms. The first-order valence-corrected chi connectivity index (χ1v) is 3.57. The molecule has 2 nitrogen and oxygen atoms in total. The van der Waals surface area contributed by atoms with Crippen LogP contribution in [0.1, 0.15) is 25.5 Å². The molecule has 1 unspecified atom stereocenters. The average molecular weight is 139 g/mol. The van der Waals surface area contributed by atoms with Crippen LogP contribution in [-0.4, -0.2) is 9.67 Å². The van der Waals surface area contributed by atoms with Gasteiger partial charge in [-0.2, -0.15) is 0 Å². The zero-order valence-corrected chi connectivity index (χ0v) is 6.41. The molecule has 56 valence electrons. The Morgan fingerprint density at radius 3 is 2.70 bits per heavy atom. The van der Waals surface area contributed by atoms with Crippen molar-refractivity contribution in [2.24, 2.45) is 0 Å². The van der Waals surface area contributed by atoms with Crippen LogP contribution in [0.3, 0.4) is 0 Å². The lowest BCUT2D eigenvalue weighted by molar-refractivity contribution is 0.199. The molecule has 0 saturated heterocycles. The van der Waals surface area contributed by atoms with Gasteiger partial charge >= 0.3 is 0 Å². The van der Waals surface area contributed by atoms with Gasteiger partial charge in [-0.3, -0.25) is 0 Å². The zero-order chi connectivity index (χ0) is 7.56. The first-order chi connectivity index (χ1) is 4.74. The van der Waals surface area contributed by atoms with Crippen molar-refractivity contribution >= 4 is 0 Å². The summed E-state index contributed by atoms with van der Waals surface area (Å²) in [5.41, 5.74) is 0.988. The van der Waals surface area contributed by atoms with E-state index in [1.165, 1.54) is 0 Å². The maximum Gasteiger partial charge on any atom is 0.0776 e. The van der Waals surface area contributed by atoms with Crippen LogP contribution < -0.4 is 0 Å². The molecule has 1 rings (SSSR count). The fraction of sp³-hybridized carbons (Fsp3) is 0.500. The standard InChI is InChI=1S/C8H13NO/c1-3-9-5-4-8(6-9)7(2)10/h4-7,10H,3H2,1-2H3. The lowest BCUT2D eigenvalue weighted by Gasteiger charge is -1.98. The number of rotatable bonds is 2. The fourth-order valence-corrected chi connectivity index (χ4v) is 0.903. The Bertz CT molecular complexity index is 203. The van der Waals surface area contributed by atoms with Gasteiger partial charge in [0.2, 0.25) is 0 Å². The fourth-order valence-electron chi connectivity index (χ4n) is 0.903. The Hall–Kier alpha value is -0.760. The second-order valence-corrected chi connectivity index (χ2v) is 2.45. The highest BCUT2D eigenvalue weighted by Crippen LogP contribution is 2.11. The summed E-state index contributed by atoms with van der Waals surface area (Å²) in [7, 11) is 0. The Labute approximate surface area is 61.1 Å². The van der Waals surface area contributed by atoms with Gasteiger partial charge < -0.3 is 9.67 Å². The van der Waals surface area contributed by atoms with E-state index in [0.717, 1.165) is 12.1 Å². The summed E-state index contributed by atoms with van der Waals surface area (Å²) in [4.78, 5) is 0. The van der Waals surface area contributed by atoms with Crippen LogP contribution in [0.15, 0.2) is 18.5 Å². The second kappa shape index (κ2) is 2.88. The van der Waals surface area contributed by atoms with Crippen LogP contribution >= 0.6 is 0 Å². The predicted octanol–water partition coefficient (Wildman–Crippen LogP) is 1.56. The van der Waals surface area contributed by atoms with Crippen LogP contribution in [0.4, 0.5) is 0 Å². The minimum atomic E-state index is -0.340.